The zero-order valence-electron chi connectivity index (χ0n) is 15.0. The predicted octanol–water partition coefficient (Wildman–Crippen LogP) is 3.00. The van der Waals surface area contributed by atoms with Gasteiger partial charge in [-0.05, 0) is 31.1 Å². The quantitative estimate of drug-likeness (QED) is 0.593. The molecule has 0 radical (unpaired) electrons. The summed E-state index contributed by atoms with van der Waals surface area (Å²) < 4.78 is 30.8. The zero-order chi connectivity index (χ0) is 18.6. The number of ketones is 2. The van der Waals surface area contributed by atoms with Gasteiger partial charge in [0, 0.05) is 11.0 Å². The van der Waals surface area contributed by atoms with Crippen LogP contribution in [0.2, 0.25) is 0 Å². The van der Waals surface area contributed by atoms with Gasteiger partial charge in [-0.15, -0.1) is 0 Å². The van der Waals surface area contributed by atoms with Gasteiger partial charge in [0.1, 0.15) is 11.4 Å². The molecule has 0 heterocycles. The molecule has 2 bridgehead atoms. The average molecular weight is 364 g/mol. The molecule has 0 saturated heterocycles. The third-order valence-electron chi connectivity index (χ3n) is 6.49. The van der Waals surface area contributed by atoms with E-state index in [1.807, 2.05) is 20.8 Å². The molecule has 2 aliphatic rings. The summed E-state index contributed by atoms with van der Waals surface area (Å²) in [6.45, 7) is 7.17. The third kappa shape index (κ3) is 2.57. The fraction of sp³-hybridized carbons (Fsp3) is 0.579. The molecule has 0 aliphatic heterocycles. The van der Waals surface area contributed by atoms with Crippen molar-refractivity contribution < 1.29 is 22.2 Å². The molecule has 0 N–H and O–H groups in total. The maximum Gasteiger partial charge on any atom is 0.278 e. The average Bonchev–Trinajstić information content (AvgIpc) is 2.86. The van der Waals surface area contributed by atoms with E-state index < -0.39 is 38.1 Å². The Kier molecular flexibility index (Phi) is 4.20. The highest BCUT2D eigenvalue weighted by atomic mass is 32.2. The van der Waals surface area contributed by atoms with E-state index in [9.17, 15) is 18.0 Å². The molecule has 3 rings (SSSR count). The van der Waals surface area contributed by atoms with Crippen LogP contribution in [-0.4, -0.2) is 31.3 Å². The third-order valence-corrected chi connectivity index (χ3v) is 8.21. The number of benzene rings is 1. The summed E-state index contributed by atoms with van der Waals surface area (Å²) in [6.07, 6.45) is 0.229. The van der Waals surface area contributed by atoms with Crippen LogP contribution in [0.1, 0.15) is 50.9 Å². The lowest BCUT2D eigenvalue weighted by Crippen LogP contribution is -2.41. The second-order valence-corrected chi connectivity index (χ2v) is 9.63. The Bertz CT molecular complexity index is 811. The summed E-state index contributed by atoms with van der Waals surface area (Å²) in [7, 11) is -4.17. The van der Waals surface area contributed by atoms with Gasteiger partial charge in [-0.3, -0.25) is 13.8 Å². The molecule has 4 unspecified atom stereocenters. The number of carbonyl (C=O) groups excluding carboxylic acids is 2. The van der Waals surface area contributed by atoms with Gasteiger partial charge in [-0.2, -0.15) is 8.42 Å². The summed E-state index contributed by atoms with van der Waals surface area (Å²) in [5.74, 6) is -0.951. The molecule has 1 aromatic carbocycles. The summed E-state index contributed by atoms with van der Waals surface area (Å²) in [5.41, 5.74) is -0.653. The number of fused-ring (bicyclic) bond motifs is 2. The molecule has 5 nitrogen and oxygen atoms in total. The van der Waals surface area contributed by atoms with Crippen molar-refractivity contribution in [3.8, 4) is 0 Å². The maximum atomic E-state index is 12.8. The zero-order valence-corrected chi connectivity index (χ0v) is 15.8. The van der Waals surface area contributed by atoms with Crippen LogP contribution in [0.15, 0.2) is 30.3 Å². The number of hydrogen-bond donors (Lipinski definition) is 0. The van der Waals surface area contributed by atoms with Crippen molar-refractivity contribution in [2.24, 2.45) is 16.7 Å². The highest BCUT2D eigenvalue weighted by Gasteiger charge is 2.69. The van der Waals surface area contributed by atoms with Crippen molar-refractivity contribution in [1.29, 1.82) is 0 Å². The number of rotatable bonds is 5. The molecule has 2 saturated carbocycles. The molecule has 0 aromatic heterocycles. The minimum absolute atomic E-state index is 0.269. The Hall–Kier alpha value is -1.53. The van der Waals surface area contributed by atoms with Crippen LogP contribution < -0.4 is 0 Å². The largest absolute Gasteiger partial charge is 0.297 e. The van der Waals surface area contributed by atoms with Crippen molar-refractivity contribution in [1.82, 2.24) is 0 Å². The van der Waals surface area contributed by atoms with E-state index in [0.29, 0.717) is 18.4 Å². The summed E-state index contributed by atoms with van der Waals surface area (Å²) >= 11 is 0. The number of hydrogen-bond acceptors (Lipinski definition) is 5. The van der Waals surface area contributed by atoms with Crippen molar-refractivity contribution in [2.75, 3.05) is 0 Å². The van der Waals surface area contributed by atoms with Crippen LogP contribution in [0, 0.1) is 16.7 Å². The van der Waals surface area contributed by atoms with Gasteiger partial charge in [0.2, 0.25) is 0 Å². The topological polar surface area (TPSA) is 77.5 Å². The summed E-state index contributed by atoms with van der Waals surface area (Å²) in [5, 5.41) is -1.17. The van der Waals surface area contributed by atoms with Crippen LogP contribution >= 0.6 is 0 Å². The first-order chi connectivity index (χ1) is 11.5. The highest BCUT2D eigenvalue weighted by molar-refractivity contribution is 7.88. The summed E-state index contributed by atoms with van der Waals surface area (Å²) in [6, 6.07) is 8.41. The second kappa shape index (κ2) is 5.74. The van der Waals surface area contributed by atoms with Crippen LogP contribution in [0.5, 0.6) is 0 Å². The van der Waals surface area contributed by atoms with E-state index in [1.54, 1.807) is 30.3 Å². The lowest BCUT2D eigenvalue weighted by atomic mass is 9.70. The SMILES string of the molecule is CC(OS(=O)(=O)C1C(=O)C2(C)CCC1C2(C)C)C(=O)c1ccccc1. The molecule has 0 amide bonds. The van der Waals surface area contributed by atoms with E-state index in [0.717, 1.165) is 0 Å². The molecule has 136 valence electrons. The van der Waals surface area contributed by atoms with Crippen molar-refractivity contribution in [3.05, 3.63) is 35.9 Å². The molecule has 1 aromatic rings. The fourth-order valence-corrected chi connectivity index (χ4v) is 6.49. The molecule has 4 atom stereocenters. The Morgan fingerprint density at radius 3 is 2.32 bits per heavy atom. The van der Waals surface area contributed by atoms with E-state index >= 15 is 0 Å². The normalized spacial score (nSPS) is 31.9. The lowest BCUT2D eigenvalue weighted by Gasteiger charge is -2.32. The smallest absolute Gasteiger partial charge is 0.278 e. The molecule has 6 heteroatoms. The van der Waals surface area contributed by atoms with Crippen LogP contribution in [-0.2, 0) is 19.1 Å². The standard InChI is InChI=1S/C19H24O5S/c1-12(15(20)13-8-6-5-7-9-13)24-25(22,23)16-14-10-11-19(4,17(16)21)18(14,2)3/h5-9,12,14,16H,10-11H2,1-4H3. The van der Waals surface area contributed by atoms with Crippen LogP contribution in [0.4, 0.5) is 0 Å². The fourth-order valence-electron chi connectivity index (χ4n) is 4.48. The van der Waals surface area contributed by atoms with Gasteiger partial charge >= 0.3 is 0 Å². The minimum Gasteiger partial charge on any atom is -0.297 e. The number of carbonyl (C=O) groups is 2. The van der Waals surface area contributed by atoms with E-state index in [4.69, 9.17) is 4.18 Å². The predicted molar refractivity (Wildman–Crippen MR) is 93.6 cm³/mol. The summed E-state index contributed by atoms with van der Waals surface area (Å²) in [4.78, 5) is 25.2. The van der Waals surface area contributed by atoms with E-state index in [-0.39, 0.29) is 11.7 Å². The van der Waals surface area contributed by atoms with Gasteiger partial charge in [-0.25, -0.2) is 0 Å². The number of Topliss-reactive ketones (excluding diaryl/α,β-unsaturated/α-hetero) is 2. The molecular weight excluding hydrogens is 340 g/mol. The second-order valence-electron chi connectivity index (χ2n) is 7.95. The van der Waals surface area contributed by atoms with Crippen molar-refractivity contribution in [3.63, 3.8) is 0 Å². The van der Waals surface area contributed by atoms with Gasteiger partial charge in [0.05, 0.1) is 0 Å². The van der Waals surface area contributed by atoms with E-state index in [1.165, 1.54) is 6.92 Å². The molecule has 2 fully saturated rings. The Morgan fingerprint density at radius 1 is 1.20 bits per heavy atom. The molecule has 2 aliphatic carbocycles. The van der Waals surface area contributed by atoms with Gasteiger partial charge in [-0.1, -0.05) is 51.1 Å². The first-order valence-corrected chi connectivity index (χ1v) is 10.1. The monoisotopic (exact) mass is 364 g/mol. The Morgan fingerprint density at radius 2 is 1.80 bits per heavy atom. The first-order valence-electron chi connectivity index (χ1n) is 8.58. The minimum atomic E-state index is -4.17. The van der Waals surface area contributed by atoms with Crippen molar-refractivity contribution >= 4 is 21.7 Å². The molecular formula is C19H24O5S. The molecule has 25 heavy (non-hydrogen) atoms. The van der Waals surface area contributed by atoms with Crippen molar-refractivity contribution in [2.45, 2.75) is 51.9 Å². The Balaban J connectivity index is 1.84. The van der Waals surface area contributed by atoms with Crippen LogP contribution in [0.3, 0.4) is 0 Å². The van der Waals surface area contributed by atoms with Gasteiger partial charge in [0.25, 0.3) is 10.1 Å². The van der Waals surface area contributed by atoms with Gasteiger partial charge in [0.15, 0.2) is 11.6 Å². The highest BCUT2D eigenvalue weighted by Crippen LogP contribution is 2.65. The van der Waals surface area contributed by atoms with E-state index in [2.05, 4.69) is 0 Å². The lowest BCUT2D eigenvalue weighted by molar-refractivity contribution is -0.128. The maximum absolute atomic E-state index is 12.8. The molecule has 0 spiro atoms. The Labute approximate surface area is 148 Å². The van der Waals surface area contributed by atoms with Crippen LogP contribution in [0.25, 0.3) is 0 Å². The van der Waals surface area contributed by atoms with Gasteiger partial charge < -0.3 is 0 Å². The first kappa shape index (κ1) is 18.3.